The number of nitrogens with zero attached hydrogens (tertiary/aromatic N) is 2. The van der Waals surface area contributed by atoms with Crippen molar-refractivity contribution in [2.24, 2.45) is 5.41 Å². The van der Waals surface area contributed by atoms with Crippen LogP contribution < -0.4 is 9.47 Å². The van der Waals surface area contributed by atoms with Gasteiger partial charge in [0.15, 0.2) is 0 Å². The number of hydrogen-bond acceptors (Lipinski definition) is 10. The summed E-state index contributed by atoms with van der Waals surface area (Å²) in [6.45, 7) is 4.46. The van der Waals surface area contributed by atoms with E-state index in [1.54, 1.807) is 48.5 Å². The van der Waals surface area contributed by atoms with Crippen LogP contribution in [-0.2, 0) is 13.8 Å². The van der Waals surface area contributed by atoms with E-state index in [-0.39, 0.29) is 34.4 Å². The predicted molar refractivity (Wildman–Crippen MR) is 142 cm³/mol. The van der Waals surface area contributed by atoms with Crippen molar-refractivity contribution >= 4 is 37.3 Å². The van der Waals surface area contributed by atoms with Gasteiger partial charge in [0.05, 0.1) is 0 Å². The van der Waals surface area contributed by atoms with Crippen LogP contribution in [0.1, 0.15) is 35.6 Å². The van der Waals surface area contributed by atoms with E-state index >= 15 is 0 Å². The Labute approximate surface area is 225 Å². The third-order valence-electron chi connectivity index (χ3n) is 5.46. The number of rotatable bonds is 8. The standard InChI is InChI=1S/C25H28ClN2O7PS/c1-25(2)14-33-36(30,34-15-25)23(16-9-6-5-7-10-16)35-22(29)21-17(26)11-8-12-18(21)37-24-27-19(31-3)13-20(28-24)32-4/h5-13,23,30,36H,14-15H2,1-4H3. The summed E-state index contributed by atoms with van der Waals surface area (Å²) in [5.41, 5.74) is 0.357. The van der Waals surface area contributed by atoms with Crippen LogP contribution in [0, 0.1) is 5.41 Å². The Morgan fingerprint density at radius 3 is 2.27 bits per heavy atom. The molecule has 1 aliphatic rings. The van der Waals surface area contributed by atoms with E-state index in [0.717, 1.165) is 11.8 Å². The number of halogens is 1. The minimum atomic E-state index is -3.98. The number of benzene rings is 2. The fourth-order valence-electron chi connectivity index (χ4n) is 3.50. The van der Waals surface area contributed by atoms with E-state index in [0.29, 0.717) is 22.2 Å². The van der Waals surface area contributed by atoms with Gasteiger partial charge in [0, 0.05) is 0 Å². The summed E-state index contributed by atoms with van der Waals surface area (Å²) in [7, 11) is -1.02. The van der Waals surface area contributed by atoms with Crippen molar-refractivity contribution in [3.8, 4) is 11.8 Å². The Morgan fingerprint density at radius 2 is 1.68 bits per heavy atom. The molecule has 0 bridgehead atoms. The zero-order valence-electron chi connectivity index (χ0n) is 20.8. The molecule has 198 valence electrons. The van der Waals surface area contributed by atoms with Crippen molar-refractivity contribution < 1.29 is 32.9 Å². The first kappa shape index (κ1) is 27.6. The molecule has 37 heavy (non-hydrogen) atoms. The zero-order valence-corrected chi connectivity index (χ0v) is 23.3. The molecule has 0 spiro atoms. The van der Waals surface area contributed by atoms with Crippen LogP contribution >= 0.6 is 31.3 Å². The topological polar surface area (TPSA) is 109 Å². The first-order chi connectivity index (χ1) is 17.6. The second-order valence-corrected chi connectivity index (χ2v) is 12.8. The Morgan fingerprint density at radius 1 is 1.05 bits per heavy atom. The second kappa shape index (κ2) is 11.5. The first-order valence-electron chi connectivity index (χ1n) is 11.3. The van der Waals surface area contributed by atoms with Crippen LogP contribution in [0.3, 0.4) is 0 Å². The average Bonchev–Trinajstić information content (AvgIpc) is 2.89. The van der Waals surface area contributed by atoms with E-state index in [2.05, 4.69) is 9.97 Å². The summed E-state index contributed by atoms with van der Waals surface area (Å²) in [6, 6.07) is 15.4. The van der Waals surface area contributed by atoms with Gasteiger partial charge in [0.2, 0.25) is 0 Å². The number of carbonyl (C=O) groups is 1. The summed E-state index contributed by atoms with van der Waals surface area (Å²) in [6.07, 6.45) is 0. The molecule has 0 radical (unpaired) electrons. The summed E-state index contributed by atoms with van der Waals surface area (Å²) < 4.78 is 28.1. The molecule has 3 aromatic rings. The number of ether oxygens (including phenoxy) is 3. The van der Waals surface area contributed by atoms with Gasteiger partial charge in [-0.1, -0.05) is 0 Å². The molecule has 1 aliphatic heterocycles. The first-order valence-corrected chi connectivity index (χ1v) is 14.4. The molecule has 0 saturated carbocycles. The Kier molecular flexibility index (Phi) is 8.58. The van der Waals surface area contributed by atoms with Crippen LogP contribution in [0.4, 0.5) is 0 Å². The van der Waals surface area contributed by atoms with Crippen molar-refractivity contribution in [1.82, 2.24) is 9.97 Å². The molecule has 1 unspecified atom stereocenters. The zero-order chi connectivity index (χ0) is 26.6. The normalized spacial score (nSPS) is 17.9. The Bertz CT molecular complexity index is 1230. The SMILES string of the molecule is COc1cc(OC)nc(Sc2cccc(Cl)c2C(=O)OC(c2ccccc2)[PH]2(O)OCC(C)(C)CO2)n1. The predicted octanol–water partition coefficient (Wildman–Crippen LogP) is 5.71. The average molecular weight is 567 g/mol. The van der Waals surface area contributed by atoms with Gasteiger partial charge in [-0.05, 0) is 0 Å². The molecule has 1 saturated heterocycles. The molecule has 1 N–H and O–H groups in total. The summed E-state index contributed by atoms with van der Waals surface area (Å²) >= 11 is 7.57. The van der Waals surface area contributed by atoms with Crippen LogP contribution in [0.15, 0.2) is 64.6 Å². The summed E-state index contributed by atoms with van der Waals surface area (Å²) in [5, 5.41) is 0.443. The van der Waals surface area contributed by atoms with Crippen LogP contribution in [0.5, 0.6) is 11.8 Å². The van der Waals surface area contributed by atoms with Gasteiger partial charge < -0.3 is 0 Å². The van der Waals surface area contributed by atoms with E-state index in [9.17, 15) is 9.69 Å². The molecule has 9 nitrogen and oxygen atoms in total. The van der Waals surface area contributed by atoms with E-state index in [4.69, 9.17) is 34.9 Å². The maximum atomic E-state index is 13.6. The molecule has 1 atom stereocenters. The van der Waals surface area contributed by atoms with Crippen molar-refractivity contribution in [2.45, 2.75) is 29.7 Å². The van der Waals surface area contributed by atoms with Gasteiger partial charge in [0.1, 0.15) is 0 Å². The van der Waals surface area contributed by atoms with Gasteiger partial charge >= 0.3 is 225 Å². The molecular weight excluding hydrogens is 539 g/mol. The molecule has 0 aliphatic carbocycles. The molecule has 4 rings (SSSR count). The molecule has 1 aromatic heterocycles. The fourth-order valence-corrected chi connectivity index (χ4v) is 7.17. The third-order valence-corrected chi connectivity index (χ3v) is 8.93. The number of esters is 1. The van der Waals surface area contributed by atoms with E-state index in [1.165, 1.54) is 14.2 Å². The molecule has 2 heterocycles. The minimum absolute atomic E-state index is 0.0919. The monoisotopic (exact) mass is 566 g/mol. The van der Waals surface area contributed by atoms with E-state index in [1.807, 2.05) is 19.9 Å². The third kappa shape index (κ3) is 6.52. The van der Waals surface area contributed by atoms with Crippen LogP contribution in [-0.4, -0.2) is 48.3 Å². The van der Waals surface area contributed by atoms with Crippen LogP contribution in [0.25, 0.3) is 0 Å². The number of aromatic nitrogens is 2. The Balaban J connectivity index is 1.67. The molecule has 12 heteroatoms. The molecule has 2 aromatic carbocycles. The van der Waals surface area contributed by atoms with Gasteiger partial charge in [-0.15, -0.1) is 0 Å². The Hall–Kier alpha value is -2.46. The number of methoxy groups -OCH3 is 2. The van der Waals surface area contributed by atoms with Crippen molar-refractivity contribution in [1.29, 1.82) is 0 Å². The van der Waals surface area contributed by atoms with Crippen LogP contribution in [0.2, 0.25) is 5.02 Å². The number of hydrogen-bond donors (Lipinski definition) is 1. The summed E-state index contributed by atoms with van der Waals surface area (Å²) in [5.74, 6) is -1.31. The molecule has 1 fully saturated rings. The second-order valence-electron chi connectivity index (χ2n) is 9.02. The summed E-state index contributed by atoms with van der Waals surface area (Å²) in [4.78, 5) is 34.1. The van der Waals surface area contributed by atoms with Gasteiger partial charge in [-0.25, -0.2) is 0 Å². The van der Waals surface area contributed by atoms with Crippen molar-refractivity contribution in [3.05, 3.63) is 70.7 Å². The fraction of sp³-hybridized carbons (Fsp3) is 0.320. The quantitative estimate of drug-likeness (QED) is 0.207. The van der Waals surface area contributed by atoms with Gasteiger partial charge in [-0.3, -0.25) is 0 Å². The van der Waals surface area contributed by atoms with Crippen molar-refractivity contribution in [3.63, 3.8) is 0 Å². The number of carbonyl (C=O) groups excluding carboxylic acids is 1. The van der Waals surface area contributed by atoms with Gasteiger partial charge in [-0.2, -0.15) is 0 Å². The van der Waals surface area contributed by atoms with E-state index < -0.39 is 19.8 Å². The molecule has 0 amide bonds. The van der Waals surface area contributed by atoms with Crippen molar-refractivity contribution in [2.75, 3.05) is 27.4 Å². The molecular formula is C25H28ClN2O7PS. The van der Waals surface area contributed by atoms with Gasteiger partial charge in [0.25, 0.3) is 0 Å². The maximum absolute atomic E-state index is 13.6.